The Morgan fingerprint density at radius 1 is 1.00 bits per heavy atom. The highest BCUT2D eigenvalue weighted by molar-refractivity contribution is 5.94. The Balaban J connectivity index is 1.33. The fraction of sp³-hybridized carbons (Fsp3) is 0.250. The fourth-order valence-corrected chi connectivity index (χ4v) is 3.75. The number of hydrogen-bond donors (Lipinski definition) is 1. The Kier molecular flexibility index (Phi) is 8.12. The quantitative estimate of drug-likeness (QED) is 0.328. The lowest BCUT2D eigenvalue weighted by atomic mass is 10.1. The van der Waals surface area contributed by atoms with Crippen molar-refractivity contribution in [3.05, 3.63) is 95.9 Å². The van der Waals surface area contributed by atoms with Gasteiger partial charge in [-0.1, -0.05) is 36.4 Å². The molecule has 4 rings (SSSR count). The van der Waals surface area contributed by atoms with Gasteiger partial charge in [-0.2, -0.15) is 5.10 Å². The second kappa shape index (κ2) is 11.8. The predicted octanol–water partition coefficient (Wildman–Crippen LogP) is 5.15. The van der Waals surface area contributed by atoms with E-state index in [0.29, 0.717) is 36.8 Å². The third-order valence-electron chi connectivity index (χ3n) is 5.59. The molecule has 2 heterocycles. The zero-order valence-electron chi connectivity index (χ0n) is 20.1. The van der Waals surface area contributed by atoms with E-state index in [1.807, 2.05) is 56.4 Å². The fourth-order valence-electron chi connectivity index (χ4n) is 3.75. The predicted molar refractivity (Wildman–Crippen MR) is 135 cm³/mol. The molecule has 2 aromatic carbocycles. The van der Waals surface area contributed by atoms with Crippen LogP contribution in [0.4, 0.5) is 0 Å². The Morgan fingerprint density at radius 3 is 2.63 bits per heavy atom. The third-order valence-corrected chi connectivity index (χ3v) is 5.59. The van der Waals surface area contributed by atoms with E-state index in [-0.39, 0.29) is 5.91 Å². The standard InChI is InChI=1S/C28H30N4O3/c1-3-34-27-17-23(13-14-26(27)35-20-21-9-7-15-29-19-21)28(33)32(2)16-8-12-24-18-25(31-30-24)22-10-5-4-6-11-22/h4-7,9-11,13-15,17-19H,3,8,12,16,20H2,1-2H3,(H,30,31). The summed E-state index contributed by atoms with van der Waals surface area (Å²) in [6.07, 6.45) is 5.12. The molecule has 7 heteroatoms. The lowest BCUT2D eigenvalue weighted by Crippen LogP contribution is -2.28. The summed E-state index contributed by atoms with van der Waals surface area (Å²) in [6, 6.07) is 21.3. The maximum Gasteiger partial charge on any atom is 0.253 e. The summed E-state index contributed by atoms with van der Waals surface area (Å²) in [5.74, 6) is 1.10. The minimum atomic E-state index is -0.0562. The van der Waals surface area contributed by atoms with Crippen molar-refractivity contribution in [1.29, 1.82) is 0 Å². The van der Waals surface area contributed by atoms with Gasteiger partial charge in [0.2, 0.25) is 0 Å². The lowest BCUT2D eigenvalue weighted by molar-refractivity contribution is 0.0793. The summed E-state index contributed by atoms with van der Waals surface area (Å²) < 4.78 is 11.7. The van der Waals surface area contributed by atoms with Crippen molar-refractivity contribution in [2.45, 2.75) is 26.4 Å². The smallest absolute Gasteiger partial charge is 0.253 e. The van der Waals surface area contributed by atoms with Crippen LogP contribution in [0, 0.1) is 0 Å². The van der Waals surface area contributed by atoms with Crippen LogP contribution in [0.2, 0.25) is 0 Å². The summed E-state index contributed by atoms with van der Waals surface area (Å²) in [7, 11) is 1.82. The molecule has 0 saturated heterocycles. The van der Waals surface area contributed by atoms with E-state index in [4.69, 9.17) is 9.47 Å². The SMILES string of the molecule is CCOc1cc(C(=O)N(C)CCCc2cc(-c3ccccc3)n[nH]2)ccc1OCc1cccnc1. The molecule has 0 unspecified atom stereocenters. The van der Waals surface area contributed by atoms with Gasteiger partial charge < -0.3 is 14.4 Å². The molecule has 0 fully saturated rings. The molecule has 0 saturated carbocycles. The molecule has 0 aliphatic rings. The monoisotopic (exact) mass is 470 g/mol. The van der Waals surface area contributed by atoms with Crippen molar-refractivity contribution < 1.29 is 14.3 Å². The Hall–Kier alpha value is -4.13. The summed E-state index contributed by atoms with van der Waals surface area (Å²) in [6.45, 7) is 3.39. The number of benzene rings is 2. The zero-order valence-corrected chi connectivity index (χ0v) is 20.1. The van der Waals surface area contributed by atoms with E-state index in [1.54, 1.807) is 35.5 Å². The molecule has 180 valence electrons. The van der Waals surface area contributed by atoms with Crippen LogP contribution in [0.3, 0.4) is 0 Å². The van der Waals surface area contributed by atoms with Crippen LogP contribution in [0.1, 0.15) is 35.0 Å². The number of carbonyl (C=O) groups excluding carboxylic acids is 1. The molecule has 0 aliphatic heterocycles. The molecule has 35 heavy (non-hydrogen) atoms. The van der Waals surface area contributed by atoms with E-state index in [9.17, 15) is 4.79 Å². The third kappa shape index (κ3) is 6.47. The van der Waals surface area contributed by atoms with Crippen LogP contribution in [0.5, 0.6) is 11.5 Å². The number of pyridine rings is 1. The van der Waals surface area contributed by atoms with Crippen molar-refractivity contribution in [2.24, 2.45) is 0 Å². The van der Waals surface area contributed by atoms with Crippen LogP contribution >= 0.6 is 0 Å². The first kappa shape index (κ1) is 24.0. The van der Waals surface area contributed by atoms with E-state index in [0.717, 1.165) is 35.4 Å². The zero-order chi connectivity index (χ0) is 24.5. The maximum atomic E-state index is 13.0. The van der Waals surface area contributed by atoms with Crippen molar-refractivity contribution in [3.8, 4) is 22.8 Å². The summed E-state index contributed by atoms with van der Waals surface area (Å²) in [5, 5.41) is 7.50. The summed E-state index contributed by atoms with van der Waals surface area (Å²) in [4.78, 5) is 18.9. The van der Waals surface area contributed by atoms with Gasteiger partial charge >= 0.3 is 0 Å². The Bertz CT molecular complexity index is 1230. The van der Waals surface area contributed by atoms with Gasteiger partial charge in [-0.05, 0) is 50.1 Å². The topological polar surface area (TPSA) is 80.3 Å². The summed E-state index contributed by atoms with van der Waals surface area (Å²) >= 11 is 0. The van der Waals surface area contributed by atoms with E-state index in [2.05, 4.69) is 21.2 Å². The lowest BCUT2D eigenvalue weighted by Gasteiger charge is -2.18. The normalized spacial score (nSPS) is 10.7. The number of aromatic nitrogens is 3. The highest BCUT2D eigenvalue weighted by Crippen LogP contribution is 2.30. The van der Waals surface area contributed by atoms with Crippen molar-refractivity contribution in [2.75, 3.05) is 20.2 Å². The minimum Gasteiger partial charge on any atom is -0.490 e. The average Bonchev–Trinajstić information content (AvgIpc) is 3.38. The van der Waals surface area contributed by atoms with Gasteiger partial charge in [0, 0.05) is 48.4 Å². The number of amides is 1. The molecule has 0 atom stereocenters. The van der Waals surface area contributed by atoms with Gasteiger partial charge in [0.25, 0.3) is 5.91 Å². The van der Waals surface area contributed by atoms with Crippen LogP contribution < -0.4 is 9.47 Å². The van der Waals surface area contributed by atoms with Crippen LogP contribution in [0.25, 0.3) is 11.3 Å². The molecule has 1 N–H and O–H groups in total. The molecule has 7 nitrogen and oxygen atoms in total. The number of aromatic amines is 1. The molecular formula is C28H30N4O3. The van der Waals surface area contributed by atoms with Gasteiger partial charge in [-0.3, -0.25) is 14.9 Å². The molecule has 0 radical (unpaired) electrons. The highest BCUT2D eigenvalue weighted by atomic mass is 16.5. The number of hydrogen-bond acceptors (Lipinski definition) is 5. The van der Waals surface area contributed by atoms with Crippen LogP contribution in [-0.4, -0.2) is 46.2 Å². The van der Waals surface area contributed by atoms with E-state index < -0.39 is 0 Å². The molecule has 4 aromatic rings. The highest BCUT2D eigenvalue weighted by Gasteiger charge is 2.16. The van der Waals surface area contributed by atoms with E-state index >= 15 is 0 Å². The Morgan fingerprint density at radius 2 is 1.86 bits per heavy atom. The van der Waals surface area contributed by atoms with Gasteiger partial charge in [0.05, 0.1) is 12.3 Å². The largest absolute Gasteiger partial charge is 0.490 e. The first-order chi connectivity index (χ1) is 17.1. The van der Waals surface area contributed by atoms with Crippen molar-refractivity contribution >= 4 is 5.91 Å². The molecule has 0 spiro atoms. The van der Waals surface area contributed by atoms with E-state index in [1.165, 1.54) is 0 Å². The van der Waals surface area contributed by atoms with Gasteiger partial charge in [-0.25, -0.2) is 0 Å². The van der Waals surface area contributed by atoms with Gasteiger partial charge in [0.1, 0.15) is 6.61 Å². The van der Waals surface area contributed by atoms with Gasteiger partial charge in [-0.15, -0.1) is 0 Å². The number of aryl methyl sites for hydroxylation is 1. The molecule has 0 aliphatic carbocycles. The number of carbonyl (C=O) groups is 1. The van der Waals surface area contributed by atoms with Gasteiger partial charge in [0.15, 0.2) is 11.5 Å². The second-order valence-corrected chi connectivity index (χ2v) is 8.22. The first-order valence-corrected chi connectivity index (χ1v) is 11.8. The molecule has 2 aromatic heterocycles. The van der Waals surface area contributed by atoms with Crippen LogP contribution in [-0.2, 0) is 13.0 Å². The van der Waals surface area contributed by atoms with Crippen LogP contribution in [0.15, 0.2) is 79.1 Å². The summed E-state index contributed by atoms with van der Waals surface area (Å²) in [5.41, 5.74) is 4.60. The minimum absolute atomic E-state index is 0.0562. The number of ether oxygens (including phenoxy) is 2. The number of rotatable bonds is 11. The average molecular weight is 471 g/mol. The molecule has 0 bridgehead atoms. The number of H-pyrrole nitrogens is 1. The molecular weight excluding hydrogens is 440 g/mol. The van der Waals surface area contributed by atoms with Crippen molar-refractivity contribution in [3.63, 3.8) is 0 Å². The molecule has 1 amide bonds. The second-order valence-electron chi connectivity index (χ2n) is 8.22. The maximum absolute atomic E-state index is 13.0. The Labute approximate surface area is 205 Å². The number of nitrogens with zero attached hydrogens (tertiary/aromatic N) is 3. The first-order valence-electron chi connectivity index (χ1n) is 11.8. The number of nitrogens with one attached hydrogen (secondary N) is 1. The van der Waals surface area contributed by atoms with Crippen molar-refractivity contribution in [1.82, 2.24) is 20.1 Å².